The predicted molar refractivity (Wildman–Crippen MR) is 89.8 cm³/mol. The third-order valence-electron chi connectivity index (χ3n) is 4.28. The van der Waals surface area contributed by atoms with E-state index >= 15 is 0 Å². The maximum Gasteiger partial charge on any atom is 0.415 e. The lowest BCUT2D eigenvalue weighted by molar-refractivity contribution is -0.591. The van der Waals surface area contributed by atoms with Crippen molar-refractivity contribution in [3.05, 3.63) is 52.9 Å². The first-order chi connectivity index (χ1) is 12.1. The summed E-state index contributed by atoms with van der Waals surface area (Å²) in [7, 11) is 0. The van der Waals surface area contributed by atoms with Crippen LogP contribution in [0.3, 0.4) is 0 Å². The number of piperazine rings is 1. The predicted octanol–water partition coefficient (Wildman–Crippen LogP) is 0.664. The smallest absolute Gasteiger partial charge is 0.415 e. The Bertz CT molecular complexity index is 970. The first-order valence-corrected chi connectivity index (χ1v) is 8.00. The molecule has 0 spiro atoms. The minimum atomic E-state index is -0.464. The molecule has 0 radical (unpaired) electrons. The van der Waals surface area contributed by atoms with Gasteiger partial charge in [-0.1, -0.05) is 12.1 Å². The van der Waals surface area contributed by atoms with Crippen molar-refractivity contribution in [1.82, 2.24) is 10.2 Å². The number of rotatable bonds is 1. The minimum Gasteiger partial charge on any atom is -0.617 e. The molecule has 8 heteroatoms. The lowest BCUT2D eigenvalue weighted by atomic mass is 10.2. The van der Waals surface area contributed by atoms with Gasteiger partial charge in [0.1, 0.15) is 5.75 Å². The van der Waals surface area contributed by atoms with Crippen molar-refractivity contribution >= 4 is 28.2 Å². The van der Waals surface area contributed by atoms with Crippen LogP contribution in [0.1, 0.15) is 0 Å². The van der Waals surface area contributed by atoms with Crippen molar-refractivity contribution < 1.29 is 19.0 Å². The fraction of sp³-hybridized carbons (Fsp3) is 0.235. The van der Waals surface area contributed by atoms with E-state index in [2.05, 4.69) is 5.32 Å². The van der Waals surface area contributed by atoms with E-state index < -0.39 is 6.09 Å². The van der Waals surface area contributed by atoms with Gasteiger partial charge in [-0.25, -0.2) is 4.79 Å². The quantitative estimate of drug-likeness (QED) is 0.399. The Morgan fingerprint density at radius 3 is 2.24 bits per heavy atom. The lowest BCUT2D eigenvalue weighted by Gasteiger charge is -2.26. The minimum absolute atomic E-state index is 0.152. The van der Waals surface area contributed by atoms with Crippen molar-refractivity contribution in [3.63, 3.8) is 0 Å². The van der Waals surface area contributed by atoms with Crippen LogP contribution in [-0.2, 0) is 0 Å². The van der Waals surface area contributed by atoms with Crippen LogP contribution in [0.2, 0.25) is 0 Å². The van der Waals surface area contributed by atoms with E-state index in [-0.39, 0.29) is 27.8 Å². The van der Waals surface area contributed by atoms with Gasteiger partial charge in [0, 0.05) is 44.4 Å². The third kappa shape index (κ3) is 2.66. The molecule has 1 amide bonds. The van der Waals surface area contributed by atoms with Crippen molar-refractivity contribution in [1.29, 1.82) is 0 Å². The molecule has 1 aliphatic rings. The number of benzene rings is 2. The molecule has 2 heterocycles. The molecule has 3 aromatic rings. The lowest BCUT2D eigenvalue weighted by Crippen LogP contribution is -2.47. The molecule has 8 nitrogen and oxygen atoms in total. The van der Waals surface area contributed by atoms with E-state index in [4.69, 9.17) is 4.74 Å². The van der Waals surface area contributed by atoms with Gasteiger partial charge in [-0.05, 0) is 6.07 Å². The van der Waals surface area contributed by atoms with Gasteiger partial charge < -0.3 is 25.4 Å². The number of para-hydroxylation sites is 2. The molecular weight excluding hydrogens is 324 g/mol. The van der Waals surface area contributed by atoms with Gasteiger partial charge in [-0.2, -0.15) is 9.46 Å². The highest BCUT2D eigenvalue weighted by Gasteiger charge is 2.23. The molecule has 1 aromatic heterocycles. The van der Waals surface area contributed by atoms with Crippen molar-refractivity contribution in [2.45, 2.75) is 0 Å². The van der Waals surface area contributed by atoms with Gasteiger partial charge in [0.2, 0.25) is 0 Å². The van der Waals surface area contributed by atoms with Crippen molar-refractivity contribution in [3.8, 4) is 5.75 Å². The van der Waals surface area contributed by atoms with Crippen LogP contribution in [0.4, 0.5) is 4.79 Å². The van der Waals surface area contributed by atoms with Crippen LogP contribution < -0.4 is 19.5 Å². The summed E-state index contributed by atoms with van der Waals surface area (Å²) in [5, 5.41) is 28.2. The Labute approximate surface area is 143 Å². The Balaban J connectivity index is 1.73. The number of fused-ring (bicyclic) bond motifs is 2. The van der Waals surface area contributed by atoms with Gasteiger partial charge >= 0.3 is 6.09 Å². The van der Waals surface area contributed by atoms with E-state index in [1.54, 1.807) is 29.2 Å². The summed E-state index contributed by atoms with van der Waals surface area (Å²) in [6.45, 7) is 2.57. The van der Waals surface area contributed by atoms with E-state index in [0.29, 0.717) is 22.6 Å². The van der Waals surface area contributed by atoms with Crippen LogP contribution in [0, 0.1) is 10.4 Å². The first-order valence-electron chi connectivity index (χ1n) is 8.00. The van der Waals surface area contributed by atoms with E-state index in [9.17, 15) is 15.2 Å². The highest BCUT2D eigenvalue weighted by atomic mass is 16.6. The van der Waals surface area contributed by atoms with Gasteiger partial charge in [0.05, 0.1) is 6.07 Å². The number of ether oxygens (including phenoxy) is 1. The normalized spacial score (nSPS) is 14.8. The molecule has 1 N–H and O–H groups in total. The molecular formula is C17H16N4O4. The van der Waals surface area contributed by atoms with Gasteiger partial charge in [0.25, 0.3) is 22.1 Å². The highest BCUT2D eigenvalue weighted by molar-refractivity contribution is 5.78. The molecule has 1 saturated heterocycles. The summed E-state index contributed by atoms with van der Waals surface area (Å²) in [5.74, 6) is 0.232. The maximum atomic E-state index is 12.6. The molecule has 0 aliphatic carbocycles. The molecule has 0 atom stereocenters. The Morgan fingerprint density at radius 2 is 1.56 bits per heavy atom. The summed E-state index contributed by atoms with van der Waals surface area (Å²) in [4.78, 5) is 13.8. The second-order valence-electron chi connectivity index (χ2n) is 5.83. The van der Waals surface area contributed by atoms with Crippen LogP contribution in [0.25, 0.3) is 22.1 Å². The summed E-state index contributed by atoms with van der Waals surface area (Å²) >= 11 is 0. The fourth-order valence-corrected chi connectivity index (χ4v) is 2.98. The molecule has 1 aliphatic heterocycles. The zero-order valence-corrected chi connectivity index (χ0v) is 13.3. The molecule has 128 valence electrons. The Hall–Kier alpha value is -3.13. The molecule has 0 saturated carbocycles. The van der Waals surface area contributed by atoms with Crippen LogP contribution >= 0.6 is 0 Å². The van der Waals surface area contributed by atoms with E-state index in [1.165, 1.54) is 18.2 Å². The van der Waals surface area contributed by atoms with E-state index in [1.807, 2.05) is 0 Å². The second-order valence-corrected chi connectivity index (χ2v) is 5.83. The average molecular weight is 340 g/mol. The van der Waals surface area contributed by atoms with Crippen molar-refractivity contribution in [2.24, 2.45) is 0 Å². The standard InChI is InChI=1S/C17H16N4O4/c22-17(19-9-7-18-8-10-19)25-12-5-6-15-16(11-12)21(24)14-4-2-1-3-13(14)20(15)23/h1-6,11,18H,7-10H2. The van der Waals surface area contributed by atoms with Gasteiger partial charge in [-0.3, -0.25) is 0 Å². The van der Waals surface area contributed by atoms with E-state index in [0.717, 1.165) is 13.1 Å². The zero-order chi connectivity index (χ0) is 17.4. The highest BCUT2D eigenvalue weighted by Crippen LogP contribution is 2.19. The number of carbonyl (C=O) groups is 1. The first kappa shape index (κ1) is 15.4. The molecule has 4 rings (SSSR count). The summed E-state index contributed by atoms with van der Waals surface area (Å²) in [6, 6.07) is 11.0. The topological polar surface area (TPSA) is 95.4 Å². The van der Waals surface area contributed by atoms with Crippen LogP contribution in [0.15, 0.2) is 42.5 Å². The summed E-state index contributed by atoms with van der Waals surface area (Å²) in [6.07, 6.45) is -0.464. The van der Waals surface area contributed by atoms with Crippen LogP contribution in [-0.4, -0.2) is 37.2 Å². The molecule has 0 bridgehead atoms. The largest absolute Gasteiger partial charge is 0.617 e. The SMILES string of the molecule is O=C(Oc1ccc2c(c1)[n+]([O-])c1ccccc1[n+]2[O-])N1CCNCC1. The van der Waals surface area contributed by atoms with Crippen molar-refractivity contribution in [2.75, 3.05) is 26.2 Å². The summed E-state index contributed by atoms with van der Waals surface area (Å²) < 4.78 is 6.76. The average Bonchev–Trinajstić information content (AvgIpc) is 2.67. The molecule has 1 fully saturated rings. The number of amides is 1. The maximum absolute atomic E-state index is 12.6. The van der Waals surface area contributed by atoms with Crippen LogP contribution in [0.5, 0.6) is 5.75 Å². The zero-order valence-electron chi connectivity index (χ0n) is 13.3. The summed E-state index contributed by atoms with van der Waals surface area (Å²) in [5.41, 5.74) is 0.918. The fourth-order valence-electron chi connectivity index (χ4n) is 2.98. The number of carbonyl (C=O) groups excluding carboxylic acids is 1. The molecule has 25 heavy (non-hydrogen) atoms. The Morgan fingerprint density at radius 1 is 0.960 bits per heavy atom. The number of nitrogens with one attached hydrogen (secondary N) is 1. The Kier molecular flexibility index (Phi) is 3.73. The molecule has 2 aromatic carbocycles. The number of nitrogens with zero attached hydrogens (tertiary/aromatic N) is 3. The number of hydrogen-bond donors (Lipinski definition) is 1. The number of hydrogen-bond acceptors (Lipinski definition) is 5. The third-order valence-corrected chi connectivity index (χ3v) is 4.28. The second kappa shape index (κ2) is 6.06. The monoisotopic (exact) mass is 340 g/mol. The molecule has 0 unspecified atom stereocenters. The number of aromatic nitrogens is 2. The van der Waals surface area contributed by atoms with Gasteiger partial charge in [0.15, 0.2) is 0 Å². The van der Waals surface area contributed by atoms with Gasteiger partial charge in [-0.15, -0.1) is 0 Å².